The molecule has 1 aliphatic heterocycles. The van der Waals surface area contributed by atoms with Gasteiger partial charge in [0.05, 0.1) is 12.7 Å². The van der Waals surface area contributed by atoms with E-state index in [9.17, 15) is 25.5 Å². The molecule has 0 bridgehead atoms. The van der Waals surface area contributed by atoms with E-state index >= 15 is 0 Å². The second-order valence-electron chi connectivity index (χ2n) is 11.8. The monoisotopic (exact) mass is 598 g/mol. The quantitative estimate of drug-likeness (QED) is 0.149. The summed E-state index contributed by atoms with van der Waals surface area (Å²) in [6, 6.07) is 37.0. The summed E-state index contributed by atoms with van der Waals surface area (Å²) in [6.45, 7) is -0.117. The summed E-state index contributed by atoms with van der Waals surface area (Å²) in [5.74, 6) is 0. The smallest absolute Gasteiger partial charge is 0.190 e. The largest absolute Gasteiger partial charge is 0.396 e. The second-order valence-corrected chi connectivity index (χ2v) is 11.8. The number of hydrogen-bond acceptors (Lipinski definition) is 7. The van der Waals surface area contributed by atoms with Crippen LogP contribution in [0.3, 0.4) is 0 Å². The fourth-order valence-electron chi connectivity index (χ4n) is 6.45. The van der Waals surface area contributed by atoms with Crippen LogP contribution in [0.1, 0.15) is 28.7 Å². The standard InChI is InChI=1S/C37H42O7/c38-22-13-23-43-34-36(41,26-30-18-9-3-10-19-30)37(42,27-31-20-11-4-12-21-31)35(40,25-29-16-7-2-8-17-29)33(44-34)32(39)24-28-14-5-1-6-15-28/h1-12,14-21,32-34,38-42H,13,22-27H2/t32?,33-,34+,35-,36-,37+/m1/s1. The molecule has 6 atom stereocenters. The zero-order valence-corrected chi connectivity index (χ0v) is 24.8. The van der Waals surface area contributed by atoms with Gasteiger partial charge in [-0.1, -0.05) is 121 Å². The van der Waals surface area contributed by atoms with E-state index in [0.717, 1.165) is 5.56 Å². The van der Waals surface area contributed by atoms with Crippen LogP contribution in [0.25, 0.3) is 0 Å². The van der Waals surface area contributed by atoms with Crippen molar-refractivity contribution in [3.05, 3.63) is 144 Å². The van der Waals surface area contributed by atoms with Crippen molar-refractivity contribution >= 4 is 0 Å². The van der Waals surface area contributed by atoms with Crippen LogP contribution in [0, 0.1) is 0 Å². The van der Waals surface area contributed by atoms with Crippen LogP contribution in [0.2, 0.25) is 0 Å². The van der Waals surface area contributed by atoms with Crippen molar-refractivity contribution in [3.63, 3.8) is 0 Å². The maximum Gasteiger partial charge on any atom is 0.190 e. The van der Waals surface area contributed by atoms with E-state index in [1.165, 1.54) is 0 Å². The first-order chi connectivity index (χ1) is 21.3. The van der Waals surface area contributed by atoms with Gasteiger partial charge in [0.1, 0.15) is 17.3 Å². The molecule has 0 saturated carbocycles. The molecule has 4 aromatic rings. The van der Waals surface area contributed by atoms with Crippen LogP contribution in [-0.2, 0) is 35.2 Å². The molecule has 1 aliphatic rings. The lowest BCUT2D eigenvalue weighted by molar-refractivity contribution is -0.408. The Kier molecular flexibility index (Phi) is 10.3. The Bertz CT molecular complexity index is 1420. The molecule has 232 valence electrons. The van der Waals surface area contributed by atoms with Gasteiger partial charge in [0, 0.05) is 32.3 Å². The van der Waals surface area contributed by atoms with E-state index in [4.69, 9.17) is 9.47 Å². The summed E-state index contributed by atoms with van der Waals surface area (Å²) in [5, 5.41) is 60.4. The number of ether oxygens (including phenoxy) is 2. The predicted molar refractivity (Wildman–Crippen MR) is 168 cm³/mol. The third kappa shape index (κ3) is 6.65. The second kappa shape index (κ2) is 14.1. The molecule has 0 radical (unpaired) electrons. The highest BCUT2D eigenvalue weighted by Gasteiger charge is 2.72. The fraction of sp³-hybridized carbons (Fsp3) is 0.351. The third-order valence-electron chi connectivity index (χ3n) is 8.71. The van der Waals surface area contributed by atoms with Crippen LogP contribution in [0.15, 0.2) is 121 Å². The lowest BCUT2D eigenvalue weighted by Crippen LogP contribution is -2.83. The van der Waals surface area contributed by atoms with Crippen molar-refractivity contribution in [1.29, 1.82) is 0 Å². The molecule has 0 spiro atoms. The summed E-state index contributed by atoms with van der Waals surface area (Å²) < 4.78 is 12.6. The zero-order chi connectivity index (χ0) is 31.0. The van der Waals surface area contributed by atoms with E-state index in [2.05, 4.69) is 0 Å². The third-order valence-corrected chi connectivity index (χ3v) is 8.71. The summed E-state index contributed by atoms with van der Waals surface area (Å²) in [6.07, 6.45) is -4.08. The minimum atomic E-state index is -2.29. The summed E-state index contributed by atoms with van der Waals surface area (Å²) in [4.78, 5) is 0. The minimum absolute atomic E-state index is 0.0261. The van der Waals surface area contributed by atoms with Gasteiger partial charge >= 0.3 is 0 Å². The van der Waals surface area contributed by atoms with Crippen molar-refractivity contribution in [3.8, 4) is 0 Å². The molecule has 1 heterocycles. The first kappa shape index (κ1) is 32.0. The molecule has 1 fully saturated rings. The van der Waals surface area contributed by atoms with Gasteiger partial charge in [-0.3, -0.25) is 0 Å². The molecular formula is C37H42O7. The van der Waals surface area contributed by atoms with Crippen molar-refractivity contribution in [2.24, 2.45) is 0 Å². The first-order valence-corrected chi connectivity index (χ1v) is 15.2. The molecule has 5 rings (SSSR count). The van der Waals surface area contributed by atoms with Gasteiger partial charge in [0.15, 0.2) is 11.9 Å². The Labute approximate surface area is 259 Å². The molecule has 5 N–H and O–H groups in total. The van der Waals surface area contributed by atoms with Gasteiger partial charge in [0.25, 0.3) is 0 Å². The lowest BCUT2D eigenvalue weighted by Gasteiger charge is -2.62. The Balaban J connectivity index is 1.69. The van der Waals surface area contributed by atoms with Crippen molar-refractivity contribution < 1.29 is 35.0 Å². The highest BCUT2D eigenvalue weighted by molar-refractivity contribution is 5.33. The average Bonchev–Trinajstić information content (AvgIpc) is 3.03. The molecule has 0 amide bonds. The van der Waals surface area contributed by atoms with Crippen LogP contribution < -0.4 is 0 Å². The number of aliphatic hydroxyl groups is 5. The van der Waals surface area contributed by atoms with Crippen LogP contribution >= 0.6 is 0 Å². The van der Waals surface area contributed by atoms with Gasteiger partial charge in [0.2, 0.25) is 0 Å². The number of aliphatic hydroxyl groups excluding tert-OH is 2. The van der Waals surface area contributed by atoms with Gasteiger partial charge < -0.3 is 35.0 Å². The van der Waals surface area contributed by atoms with Gasteiger partial charge in [-0.15, -0.1) is 0 Å². The molecule has 0 aromatic heterocycles. The highest BCUT2D eigenvalue weighted by Crippen LogP contribution is 2.51. The van der Waals surface area contributed by atoms with E-state index in [0.29, 0.717) is 16.7 Å². The van der Waals surface area contributed by atoms with Crippen molar-refractivity contribution in [1.82, 2.24) is 0 Å². The molecule has 0 aliphatic carbocycles. The van der Waals surface area contributed by atoms with E-state index in [-0.39, 0.29) is 45.3 Å². The minimum Gasteiger partial charge on any atom is -0.396 e. The highest BCUT2D eigenvalue weighted by atomic mass is 16.7. The molecule has 1 unspecified atom stereocenters. The summed E-state index contributed by atoms with van der Waals surface area (Å²) >= 11 is 0. The maximum absolute atomic E-state index is 13.2. The average molecular weight is 599 g/mol. The Morgan fingerprint density at radius 2 is 1.05 bits per heavy atom. The topological polar surface area (TPSA) is 120 Å². The molecule has 7 heteroatoms. The predicted octanol–water partition coefficient (Wildman–Crippen LogP) is 3.64. The Morgan fingerprint density at radius 1 is 0.614 bits per heavy atom. The normalized spacial score (nSPS) is 27.6. The lowest BCUT2D eigenvalue weighted by atomic mass is 9.59. The van der Waals surface area contributed by atoms with E-state index < -0.39 is 35.3 Å². The fourth-order valence-corrected chi connectivity index (χ4v) is 6.45. The summed E-state index contributed by atoms with van der Waals surface area (Å²) in [5.41, 5.74) is -3.78. The molecule has 7 nitrogen and oxygen atoms in total. The Morgan fingerprint density at radius 3 is 1.52 bits per heavy atom. The van der Waals surface area contributed by atoms with E-state index in [1.54, 1.807) is 0 Å². The number of hydrogen-bond donors (Lipinski definition) is 5. The number of rotatable bonds is 13. The Hall–Kier alpha value is -3.40. The van der Waals surface area contributed by atoms with Gasteiger partial charge in [-0.25, -0.2) is 0 Å². The summed E-state index contributed by atoms with van der Waals surface area (Å²) in [7, 11) is 0. The van der Waals surface area contributed by atoms with Gasteiger partial charge in [-0.05, 0) is 28.7 Å². The van der Waals surface area contributed by atoms with Crippen LogP contribution in [-0.4, -0.2) is 74.0 Å². The molecule has 44 heavy (non-hydrogen) atoms. The zero-order valence-electron chi connectivity index (χ0n) is 24.8. The van der Waals surface area contributed by atoms with Crippen LogP contribution in [0.5, 0.6) is 0 Å². The maximum atomic E-state index is 13.2. The van der Waals surface area contributed by atoms with E-state index in [1.807, 2.05) is 121 Å². The molecule has 1 saturated heterocycles. The molecule has 4 aromatic carbocycles. The molecular weight excluding hydrogens is 556 g/mol. The first-order valence-electron chi connectivity index (χ1n) is 15.2. The van der Waals surface area contributed by atoms with Gasteiger partial charge in [-0.2, -0.15) is 0 Å². The van der Waals surface area contributed by atoms with Crippen molar-refractivity contribution in [2.45, 2.75) is 67.4 Å². The number of benzene rings is 4. The van der Waals surface area contributed by atoms with Crippen molar-refractivity contribution in [2.75, 3.05) is 13.2 Å². The van der Waals surface area contributed by atoms with Crippen LogP contribution in [0.4, 0.5) is 0 Å². The SMILES string of the molecule is OCCCO[C@H]1O[C@H](C(O)Cc2ccccc2)[C@](O)(Cc2ccccc2)[C@@](O)(Cc2ccccc2)[C@@]1(O)Cc1ccccc1.